The summed E-state index contributed by atoms with van der Waals surface area (Å²) in [6.45, 7) is 10.6. The Morgan fingerprint density at radius 2 is 1.90 bits per heavy atom. The van der Waals surface area contributed by atoms with Gasteiger partial charge in [-0.2, -0.15) is 0 Å². The first kappa shape index (κ1) is 22.7. The Balaban J connectivity index is 1.76. The van der Waals surface area contributed by atoms with Gasteiger partial charge in [-0.15, -0.1) is 11.8 Å². The van der Waals surface area contributed by atoms with E-state index in [1.165, 1.54) is 0 Å². The highest BCUT2D eigenvalue weighted by Crippen LogP contribution is 2.56. The van der Waals surface area contributed by atoms with E-state index in [4.69, 9.17) is 0 Å². The van der Waals surface area contributed by atoms with Crippen molar-refractivity contribution in [1.29, 1.82) is 0 Å². The number of rotatable bonds is 8. The van der Waals surface area contributed by atoms with Crippen LogP contribution in [0.1, 0.15) is 75.2 Å². The molecule has 3 amide bonds. The number of fused-ring (bicyclic) bond motifs is 3. The summed E-state index contributed by atoms with van der Waals surface area (Å²) < 4.78 is -0.461. The fraction of sp³-hybridized carbons (Fsp3) is 0.609. The molecule has 7 heteroatoms. The molecular weight excluding hydrogens is 398 g/mol. The summed E-state index contributed by atoms with van der Waals surface area (Å²) in [7, 11) is 0. The van der Waals surface area contributed by atoms with Crippen LogP contribution in [0, 0.1) is 5.92 Å². The lowest BCUT2D eigenvalue weighted by Crippen LogP contribution is -2.58. The van der Waals surface area contributed by atoms with Crippen LogP contribution in [0.5, 0.6) is 0 Å². The molecule has 1 aromatic rings. The molecule has 2 N–H and O–H groups in total. The van der Waals surface area contributed by atoms with E-state index in [9.17, 15) is 14.4 Å². The van der Waals surface area contributed by atoms with Gasteiger partial charge < -0.3 is 15.5 Å². The summed E-state index contributed by atoms with van der Waals surface area (Å²) in [5.41, 5.74) is 1.63. The maximum Gasteiger partial charge on any atom is 0.256 e. The molecule has 30 heavy (non-hydrogen) atoms. The fourth-order valence-electron chi connectivity index (χ4n) is 4.27. The van der Waals surface area contributed by atoms with Crippen molar-refractivity contribution in [3.8, 4) is 0 Å². The second-order valence-electron chi connectivity index (χ2n) is 9.00. The van der Waals surface area contributed by atoms with Crippen molar-refractivity contribution in [3.05, 3.63) is 35.4 Å². The van der Waals surface area contributed by atoms with Gasteiger partial charge in [-0.1, -0.05) is 51.8 Å². The summed E-state index contributed by atoms with van der Waals surface area (Å²) in [6.07, 6.45) is 3.07. The Bertz CT molecular complexity index is 824. The molecule has 6 nitrogen and oxygen atoms in total. The largest absolute Gasteiger partial charge is 0.354 e. The van der Waals surface area contributed by atoms with Crippen LogP contribution in [-0.2, 0) is 9.59 Å². The van der Waals surface area contributed by atoms with E-state index in [-0.39, 0.29) is 29.0 Å². The number of carbonyl (C=O) groups is 3. The lowest BCUT2D eigenvalue weighted by atomic mass is 9.98. The van der Waals surface area contributed by atoms with Crippen LogP contribution < -0.4 is 10.6 Å². The quantitative estimate of drug-likeness (QED) is 0.618. The first-order valence-corrected chi connectivity index (χ1v) is 11.7. The molecule has 164 valence electrons. The zero-order valence-electron chi connectivity index (χ0n) is 18.5. The SMILES string of the molecule is CCCCCNC(=O)[C@@H](NC(=O)[C@H]1N2C(=O)c3ccccc3C2SC1(C)C)C(C)C. The van der Waals surface area contributed by atoms with Crippen molar-refractivity contribution in [3.63, 3.8) is 0 Å². The van der Waals surface area contributed by atoms with E-state index in [1.54, 1.807) is 16.7 Å². The van der Waals surface area contributed by atoms with Gasteiger partial charge in [0.05, 0.1) is 0 Å². The van der Waals surface area contributed by atoms with Crippen LogP contribution in [0.4, 0.5) is 0 Å². The van der Waals surface area contributed by atoms with Crippen LogP contribution in [0.15, 0.2) is 24.3 Å². The Kier molecular flexibility index (Phi) is 6.80. The lowest BCUT2D eigenvalue weighted by molar-refractivity contribution is -0.132. The van der Waals surface area contributed by atoms with E-state index in [2.05, 4.69) is 17.6 Å². The van der Waals surface area contributed by atoms with Gasteiger partial charge in [0, 0.05) is 16.9 Å². The number of nitrogens with zero attached hydrogens (tertiary/aromatic N) is 1. The normalized spacial score (nSPS) is 22.6. The molecule has 0 bridgehead atoms. The number of hydrogen-bond acceptors (Lipinski definition) is 4. The number of hydrogen-bond donors (Lipinski definition) is 2. The third-order valence-electron chi connectivity index (χ3n) is 5.87. The number of carbonyl (C=O) groups excluding carboxylic acids is 3. The Hall–Kier alpha value is -2.02. The number of nitrogens with one attached hydrogen (secondary N) is 2. The van der Waals surface area contributed by atoms with Crippen LogP contribution >= 0.6 is 11.8 Å². The summed E-state index contributed by atoms with van der Waals surface area (Å²) in [6, 6.07) is 6.29. The molecule has 0 radical (unpaired) electrons. The monoisotopic (exact) mass is 431 g/mol. The van der Waals surface area contributed by atoms with E-state index in [0.717, 1.165) is 24.8 Å². The molecule has 0 aromatic heterocycles. The predicted octanol–water partition coefficient (Wildman–Crippen LogP) is 3.48. The topological polar surface area (TPSA) is 78.5 Å². The van der Waals surface area contributed by atoms with Crippen molar-refractivity contribution >= 4 is 29.5 Å². The number of thioether (sulfide) groups is 1. The molecule has 2 heterocycles. The van der Waals surface area contributed by atoms with E-state index >= 15 is 0 Å². The first-order valence-electron chi connectivity index (χ1n) is 10.9. The summed E-state index contributed by atoms with van der Waals surface area (Å²) >= 11 is 1.63. The van der Waals surface area contributed by atoms with Gasteiger partial charge in [0.2, 0.25) is 11.8 Å². The second kappa shape index (κ2) is 9.00. The summed E-state index contributed by atoms with van der Waals surface area (Å²) in [4.78, 5) is 40.9. The molecular formula is C23H33N3O3S. The minimum Gasteiger partial charge on any atom is -0.354 e. The molecule has 1 fully saturated rings. The Morgan fingerprint density at radius 3 is 2.57 bits per heavy atom. The number of unbranched alkanes of at least 4 members (excludes halogenated alkanes) is 2. The number of amides is 3. The highest BCUT2D eigenvalue weighted by molar-refractivity contribution is 8.01. The maximum atomic E-state index is 13.4. The zero-order chi connectivity index (χ0) is 22.1. The van der Waals surface area contributed by atoms with Crippen molar-refractivity contribution < 1.29 is 14.4 Å². The van der Waals surface area contributed by atoms with Gasteiger partial charge in [0.15, 0.2) is 0 Å². The average molecular weight is 432 g/mol. The van der Waals surface area contributed by atoms with Crippen LogP contribution in [0.3, 0.4) is 0 Å². The Labute approximate surface area is 183 Å². The second-order valence-corrected chi connectivity index (χ2v) is 10.7. The summed E-state index contributed by atoms with van der Waals surface area (Å²) in [5.74, 6) is -0.595. The van der Waals surface area contributed by atoms with Crippen LogP contribution in [-0.4, -0.2) is 46.0 Å². The summed E-state index contributed by atoms with van der Waals surface area (Å²) in [5, 5.41) is 5.74. The van der Waals surface area contributed by atoms with Crippen molar-refractivity contribution in [2.45, 2.75) is 76.1 Å². The van der Waals surface area contributed by atoms with Gasteiger partial charge in [0.1, 0.15) is 17.5 Å². The first-order chi connectivity index (χ1) is 14.2. The molecule has 2 aliphatic rings. The highest BCUT2D eigenvalue weighted by atomic mass is 32.2. The van der Waals surface area contributed by atoms with E-state index in [0.29, 0.717) is 12.1 Å². The van der Waals surface area contributed by atoms with Gasteiger partial charge in [-0.25, -0.2) is 0 Å². The van der Waals surface area contributed by atoms with Crippen molar-refractivity contribution in [2.75, 3.05) is 6.54 Å². The zero-order valence-corrected chi connectivity index (χ0v) is 19.3. The van der Waals surface area contributed by atoms with Gasteiger partial charge in [-0.3, -0.25) is 14.4 Å². The van der Waals surface area contributed by atoms with Gasteiger partial charge in [0.25, 0.3) is 5.91 Å². The van der Waals surface area contributed by atoms with Crippen LogP contribution in [0.25, 0.3) is 0 Å². The molecule has 0 spiro atoms. The minimum absolute atomic E-state index is 0.0560. The van der Waals surface area contributed by atoms with E-state index < -0.39 is 16.8 Å². The third-order valence-corrected chi connectivity index (χ3v) is 7.41. The van der Waals surface area contributed by atoms with E-state index in [1.807, 2.05) is 52.0 Å². The molecule has 1 saturated heterocycles. The predicted molar refractivity (Wildman–Crippen MR) is 120 cm³/mol. The highest BCUT2D eigenvalue weighted by Gasteiger charge is 2.57. The molecule has 2 aliphatic heterocycles. The van der Waals surface area contributed by atoms with Gasteiger partial charge in [-0.05, 0) is 37.8 Å². The molecule has 1 unspecified atom stereocenters. The molecule has 3 rings (SSSR count). The third kappa shape index (κ3) is 4.22. The van der Waals surface area contributed by atoms with Crippen molar-refractivity contribution in [2.24, 2.45) is 5.92 Å². The smallest absolute Gasteiger partial charge is 0.256 e. The van der Waals surface area contributed by atoms with Crippen molar-refractivity contribution in [1.82, 2.24) is 15.5 Å². The maximum absolute atomic E-state index is 13.4. The molecule has 0 aliphatic carbocycles. The Morgan fingerprint density at radius 1 is 1.20 bits per heavy atom. The molecule has 3 atom stereocenters. The molecule has 0 saturated carbocycles. The lowest BCUT2D eigenvalue weighted by Gasteiger charge is -2.32. The van der Waals surface area contributed by atoms with Gasteiger partial charge >= 0.3 is 0 Å². The average Bonchev–Trinajstić information content (AvgIpc) is 3.12. The molecule has 1 aromatic carbocycles. The minimum atomic E-state index is -0.637. The number of benzene rings is 1. The fourth-order valence-corrected chi connectivity index (χ4v) is 5.86. The van der Waals surface area contributed by atoms with Crippen LogP contribution in [0.2, 0.25) is 0 Å². The standard InChI is InChI=1S/C23H33N3O3S/c1-6-7-10-13-24-19(27)17(14(2)3)25-20(28)18-23(4,5)30-22-16-12-9-8-11-15(16)21(29)26(18)22/h8-9,11-12,14,17-18,22H,6-7,10,13H2,1-5H3,(H,24,27)(H,25,28)/t17-,18+,22?/m0/s1.